The van der Waals surface area contributed by atoms with Crippen LogP contribution in [0.2, 0.25) is 0 Å². The van der Waals surface area contributed by atoms with E-state index in [1.54, 1.807) is 24.3 Å². The fourth-order valence-electron chi connectivity index (χ4n) is 1.21. The molecule has 0 aliphatic rings. The van der Waals surface area contributed by atoms with Crippen LogP contribution < -0.4 is 0 Å². The van der Waals surface area contributed by atoms with Gasteiger partial charge in [-0.25, -0.2) is 4.39 Å². The smallest absolute Gasteiger partial charge is 0.143 e. The lowest BCUT2D eigenvalue weighted by molar-refractivity contribution is 0.164. The van der Waals surface area contributed by atoms with Crippen LogP contribution in [0.1, 0.15) is 24.5 Å². The first-order chi connectivity index (χ1) is 6.66. The molecule has 1 unspecified atom stereocenters. The van der Waals surface area contributed by atoms with Crippen molar-refractivity contribution in [2.45, 2.75) is 18.9 Å². The Morgan fingerprint density at radius 2 is 2.29 bits per heavy atom. The van der Waals surface area contributed by atoms with Gasteiger partial charge in [0.05, 0.1) is 10.6 Å². The summed E-state index contributed by atoms with van der Waals surface area (Å²) in [7, 11) is 0. The van der Waals surface area contributed by atoms with Crippen molar-refractivity contribution >= 4 is 15.9 Å². The summed E-state index contributed by atoms with van der Waals surface area (Å²) >= 11 is 3.08. The Kier molecular flexibility index (Phi) is 4.29. The third-order valence-corrected chi connectivity index (χ3v) is 2.60. The van der Waals surface area contributed by atoms with E-state index in [1.165, 1.54) is 0 Å². The minimum Gasteiger partial charge on any atom is -0.388 e. The van der Waals surface area contributed by atoms with Crippen LogP contribution in [-0.2, 0) is 0 Å². The topological polar surface area (TPSA) is 20.2 Å². The molecule has 14 heavy (non-hydrogen) atoms. The minimum atomic E-state index is -0.759. The summed E-state index contributed by atoms with van der Waals surface area (Å²) in [6.07, 6.45) is 2.12. The number of allylic oxidation sites excluding steroid dienone is 1. The number of hydrogen-bond acceptors (Lipinski definition) is 1. The molecule has 0 saturated heterocycles. The van der Waals surface area contributed by atoms with Crippen LogP contribution in [0.5, 0.6) is 0 Å². The molecule has 3 heteroatoms. The molecular formula is C11H12BrFO. The number of benzene rings is 1. The summed E-state index contributed by atoms with van der Waals surface area (Å²) < 4.78 is 13.8. The molecule has 0 aromatic heterocycles. The Bertz CT molecular complexity index is 325. The highest BCUT2D eigenvalue weighted by molar-refractivity contribution is 9.10. The van der Waals surface area contributed by atoms with E-state index in [-0.39, 0.29) is 5.82 Å². The third-order valence-electron chi connectivity index (χ3n) is 1.98. The summed E-state index contributed by atoms with van der Waals surface area (Å²) in [5.41, 5.74) is 0.334. The second-order valence-electron chi connectivity index (χ2n) is 3.02. The SMILES string of the molecule is C=CCCC(O)c1cccc(Br)c1F. The second-order valence-corrected chi connectivity index (χ2v) is 3.88. The molecule has 0 spiro atoms. The average Bonchev–Trinajstić information content (AvgIpc) is 2.18. The van der Waals surface area contributed by atoms with Crippen LogP contribution in [0, 0.1) is 5.82 Å². The van der Waals surface area contributed by atoms with Gasteiger partial charge in [-0.15, -0.1) is 6.58 Å². The van der Waals surface area contributed by atoms with Gasteiger partial charge in [-0.2, -0.15) is 0 Å². The van der Waals surface area contributed by atoms with Crippen molar-refractivity contribution in [3.63, 3.8) is 0 Å². The monoisotopic (exact) mass is 258 g/mol. The van der Waals surface area contributed by atoms with Gasteiger partial charge < -0.3 is 5.11 Å². The van der Waals surface area contributed by atoms with Crippen molar-refractivity contribution in [1.82, 2.24) is 0 Å². The van der Waals surface area contributed by atoms with Gasteiger partial charge in [-0.3, -0.25) is 0 Å². The summed E-state index contributed by atoms with van der Waals surface area (Å²) in [4.78, 5) is 0. The fraction of sp³-hybridized carbons (Fsp3) is 0.273. The molecule has 1 N–H and O–H groups in total. The zero-order chi connectivity index (χ0) is 10.6. The molecule has 1 aromatic rings. The van der Waals surface area contributed by atoms with Crippen molar-refractivity contribution in [1.29, 1.82) is 0 Å². The highest BCUT2D eigenvalue weighted by atomic mass is 79.9. The molecule has 0 bridgehead atoms. The van der Waals surface area contributed by atoms with Gasteiger partial charge in [0, 0.05) is 5.56 Å². The Hall–Kier alpha value is -0.670. The lowest BCUT2D eigenvalue weighted by Gasteiger charge is -2.11. The van der Waals surface area contributed by atoms with Gasteiger partial charge in [-0.1, -0.05) is 18.2 Å². The van der Waals surface area contributed by atoms with Crippen LogP contribution in [0.3, 0.4) is 0 Å². The predicted molar refractivity (Wildman–Crippen MR) is 58.5 cm³/mol. The van der Waals surface area contributed by atoms with E-state index < -0.39 is 6.10 Å². The van der Waals surface area contributed by atoms with Crippen LogP contribution in [-0.4, -0.2) is 5.11 Å². The molecule has 0 aliphatic carbocycles. The Labute approximate surface area is 91.4 Å². The molecule has 1 atom stereocenters. The third kappa shape index (κ3) is 2.66. The first-order valence-corrected chi connectivity index (χ1v) is 5.19. The summed E-state index contributed by atoms with van der Waals surface area (Å²) in [6.45, 7) is 3.55. The molecule has 0 aliphatic heterocycles. The van der Waals surface area contributed by atoms with E-state index in [9.17, 15) is 9.50 Å². The number of rotatable bonds is 4. The molecule has 0 heterocycles. The molecule has 0 amide bonds. The molecule has 0 fully saturated rings. The predicted octanol–water partition coefficient (Wildman–Crippen LogP) is 3.59. The molecule has 1 nitrogen and oxygen atoms in total. The van der Waals surface area contributed by atoms with Crippen molar-refractivity contribution in [2.75, 3.05) is 0 Å². The Balaban J connectivity index is 2.83. The largest absolute Gasteiger partial charge is 0.388 e. The van der Waals surface area contributed by atoms with Crippen LogP contribution in [0.15, 0.2) is 35.3 Å². The lowest BCUT2D eigenvalue weighted by Crippen LogP contribution is -2.00. The van der Waals surface area contributed by atoms with Crippen molar-refractivity contribution in [2.24, 2.45) is 0 Å². The van der Waals surface area contributed by atoms with Gasteiger partial charge >= 0.3 is 0 Å². The molecule has 76 valence electrons. The first-order valence-electron chi connectivity index (χ1n) is 4.39. The van der Waals surface area contributed by atoms with Gasteiger partial charge in [-0.05, 0) is 34.8 Å². The van der Waals surface area contributed by atoms with Crippen molar-refractivity contribution in [3.05, 3.63) is 46.7 Å². The fourth-order valence-corrected chi connectivity index (χ4v) is 1.59. The molecule has 0 saturated carbocycles. The maximum atomic E-state index is 13.4. The van der Waals surface area contributed by atoms with Gasteiger partial charge in [0.15, 0.2) is 0 Å². The van der Waals surface area contributed by atoms with Crippen molar-refractivity contribution < 1.29 is 9.50 Å². The molecule has 1 rings (SSSR count). The van der Waals surface area contributed by atoms with E-state index >= 15 is 0 Å². The highest BCUT2D eigenvalue weighted by Gasteiger charge is 2.13. The number of aliphatic hydroxyl groups is 1. The molecule has 0 radical (unpaired) electrons. The van der Waals surface area contributed by atoms with Gasteiger partial charge in [0.1, 0.15) is 5.82 Å². The van der Waals surface area contributed by atoms with Gasteiger partial charge in [0.2, 0.25) is 0 Å². The zero-order valence-corrected chi connectivity index (χ0v) is 9.30. The lowest BCUT2D eigenvalue weighted by atomic mass is 10.0. The van der Waals surface area contributed by atoms with E-state index in [1.807, 2.05) is 0 Å². The maximum Gasteiger partial charge on any atom is 0.143 e. The Morgan fingerprint density at radius 3 is 2.93 bits per heavy atom. The number of hydrogen-bond donors (Lipinski definition) is 1. The van der Waals surface area contributed by atoms with Crippen LogP contribution in [0.25, 0.3) is 0 Å². The average molecular weight is 259 g/mol. The zero-order valence-electron chi connectivity index (χ0n) is 7.71. The molecule has 1 aromatic carbocycles. The second kappa shape index (κ2) is 5.27. The van der Waals surface area contributed by atoms with E-state index in [4.69, 9.17) is 0 Å². The summed E-state index contributed by atoms with van der Waals surface area (Å²) in [6, 6.07) is 4.91. The van der Waals surface area contributed by atoms with E-state index in [0.717, 1.165) is 0 Å². The first kappa shape index (κ1) is 11.4. The normalized spacial score (nSPS) is 12.5. The summed E-state index contributed by atoms with van der Waals surface area (Å²) in [5.74, 6) is -0.385. The summed E-state index contributed by atoms with van der Waals surface area (Å²) in [5, 5.41) is 9.65. The van der Waals surface area contributed by atoms with Crippen molar-refractivity contribution in [3.8, 4) is 0 Å². The highest BCUT2D eigenvalue weighted by Crippen LogP contribution is 2.26. The van der Waals surface area contributed by atoms with Crippen LogP contribution >= 0.6 is 15.9 Å². The van der Waals surface area contributed by atoms with Crippen LogP contribution in [0.4, 0.5) is 4.39 Å². The quantitative estimate of drug-likeness (QED) is 0.819. The van der Waals surface area contributed by atoms with E-state index in [2.05, 4.69) is 22.5 Å². The standard InChI is InChI=1S/C11H12BrFO/c1-2-3-7-10(14)8-5-4-6-9(12)11(8)13/h2,4-6,10,14H,1,3,7H2. The number of halogens is 2. The Morgan fingerprint density at radius 1 is 1.57 bits per heavy atom. The van der Waals surface area contributed by atoms with Gasteiger partial charge in [0.25, 0.3) is 0 Å². The number of aliphatic hydroxyl groups excluding tert-OH is 1. The maximum absolute atomic E-state index is 13.4. The van der Waals surface area contributed by atoms with E-state index in [0.29, 0.717) is 22.9 Å². The minimum absolute atomic E-state index is 0.334. The molecular weight excluding hydrogens is 247 g/mol.